The van der Waals surface area contributed by atoms with Crippen molar-refractivity contribution in [3.8, 4) is 0 Å². The molecule has 0 aromatic heterocycles. The Labute approximate surface area is 109 Å². The first kappa shape index (κ1) is 17.8. The quantitative estimate of drug-likeness (QED) is 0.450. The van der Waals surface area contributed by atoms with Gasteiger partial charge in [-0.2, -0.15) is 0 Å². The van der Waals surface area contributed by atoms with Crippen LogP contribution >= 0.6 is 0 Å². The molecule has 0 spiro atoms. The summed E-state index contributed by atoms with van der Waals surface area (Å²) in [5.41, 5.74) is -0.861. The topological polar surface area (TPSA) is 77.4 Å². The van der Waals surface area contributed by atoms with E-state index in [0.717, 1.165) is 0 Å². The first-order valence-electron chi connectivity index (χ1n) is 6.18. The molecule has 0 aliphatic heterocycles. The summed E-state index contributed by atoms with van der Waals surface area (Å²) in [7, 11) is 1.60. The molecule has 0 aliphatic carbocycles. The van der Waals surface area contributed by atoms with E-state index in [1.54, 1.807) is 14.0 Å². The maximum Gasteiger partial charge on any atom is 0.0874 e. The number of rotatable bonds is 13. The second-order valence-electron chi connectivity index (χ2n) is 4.24. The zero-order valence-corrected chi connectivity index (χ0v) is 11.4. The molecule has 6 nitrogen and oxygen atoms in total. The Balaban J connectivity index is 3.23. The fourth-order valence-electron chi connectivity index (χ4n) is 1.19. The van der Waals surface area contributed by atoms with Gasteiger partial charge < -0.3 is 29.2 Å². The standard InChI is InChI=1S/C12H26O6/c1-12(14,3-5-15-2)11-18-10-9-17-8-7-16-6-4-13/h13-14H,3-11H2,1-2H3. The van der Waals surface area contributed by atoms with Crippen molar-refractivity contribution in [1.82, 2.24) is 0 Å². The van der Waals surface area contributed by atoms with Crippen LogP contribution in [-0.4, -0.2) is 75.8 Å². The molecule has 0 fully saturated rings. The van der Waals surface area contributed by atoms with Crippen molar-refractivity contribution >= 4 is 0 Å². The number of aliphatic hydroxyl groups excluding tert-OH is 1. The average Bonchev–Trinajstić information content (AvgIpc) is 2.34. The molecular formula is C12H26O6. The molecule has 1 atom stereocenters. The predicted octanol–water partition coefficient (Wildman–Crippen LogP) is -0.184. The van der Waals surface area contributed by atoms with Crippen molar-refractivity contribution in [2.45, 2.75) is 18.9 Å². The van der Waals surface area contributed by atoms with Gasteiger partial charge in [0, 0.05) is 20.1 Å². The molecule has 110 valence electrons. The van der Waals surface area contributed by atoms with Gasteiger partial charge in [0.25, 0.3) is 0 Å². The Hall–Kier alpha value is -0.240. The maximum atomic E-state index is 9.86. The predicted molar refractivity (Wildman–Crippen MR) is 66.7 cm³/mol. The highest BCUT2D eigenvalue weighted by Crippen LogP contribution is 2.09. The van der Waals surface area contributed by atoms with Crippen LogP contribution in [0.25, 0.3) is 0 Å². The third-order valence-corrected chi connectivity index (χ3v) is 2.24. The highest BCUT2D eigenvalue weighted by atomic mass is 16.5. The minimum atomic E-state index is -0.861. The van der Waals surface area contributed by atoms with Crippen molar-refractivity contribution < 1.29 is 29.2 Å². The summed E-state index contributed by atoms with van der Waals surface area (Å²) in [6.07, 6.45) is 0.541. The van der Waals surface area contributed by atoms with Gasteiger partial charge in [-0.15, -0.1) is 0 Å². The lowest BCUT2D eigenvalue weighted by atomic mass is 10.1. The molecule has 6 heteroatoms. The van der Waals surface area contributed by atoms with E-state index in [2.05, 4.69) is 0 Å². The largest absolute Gasteiger partial charge is 0.394 e. The molecule has 0 amide bonds. The molecule has 0 radical (unpaired) electrons. The van der Waals surface area contributed by atoms with Gasteiger partial charge in [0.1, 0.15) is 0 Å². The molecule has 18 heavy (non-hydrogen) atoms. The maximum absolute atomic E-state index is 9.86. The van der Waals surface area contributed by atoms with Crippen LogP contribution < -0.4 is 0 Å². The number of methoxy groups -OCH3 is 1. The molecular weight excluding hydrogens is 240 g/mol. The van der Waals surface area contributed by atoms with E-state index in [1.165, 1.54) is 0 Å². The van der Waals surface area contributed by atoms with Crippen LogP contribution in [0.3, 0.4) is 0 Å². The molecule has 0 aromatic rings. The van der Waals surface area contributed by atoms with Crippen LogP contribution in [0, 0.1) is 0 Å². The van der Waals surface area contributed by atoms with E-state index in [1.807, 2.05) is 0 Å². The summed E-state index contributed by atoms with van der Waals surface area (Å²) in [6, 6.07) is 0. The van der Waals surface area contributed by atoms with E-state index < -0.39 is 5.60 Å². The number of aliphatic hydroxyl groups is 2. The van der Waals surface area contributed by atoms with Gasteiger partial charge in [0.15, 0.2) is 0 Å². The van der Waals surface area contributed by atoms with Crippen LogP contribution in [0.2, 0.25) is 0 Å². The normalized spacial score (nSPS) is 14.7. The second kappa shape index (κ2) is 11.8. The molecule has 0 rings (SSSR count). The Morgan fingerprint density at radius 3 is 2.00 bits per heavy atom. The van der Waals surface area contributed by atoms with Crippen LogP contribution in [-0.2, 0) is 18.9 Å². The number of hydrogen-bond donors (Lipinski definition) is 2. The summed E-state index contributed by atoms with van der Waals surface area (Å²) in [5.74, 6) is 0. The third kappa shape index (κ3) is 12.2. The molecule has 2 N–H and O–H groups in total. The highest BCUT2D eigenvalue weighted by molar-refractivity contribution is 4.71. The summed E-state index contributed by atoms with van der Waals surface area (Å²) in [4.78, 5) is 0. The first-order valence-corrected chi connectivity index (χ1v) is 6.18. The fraction of sp³-hybridized carbons (Fsp3) is 1.00. The summed E-state index contributed by atoms with van der Waals surface area (Å²) in [6.45, 7) is 4.69. The average molecular weight is 266 g/mol. The molecule has 0 bridgehead atoms. The van der Waals surface area contributed by atoms with Gasteiger partial charge in [0.05, 0.1) is 51.8 Å². The van der Waals surface area contributed by atoms with Crippen LogP contribution in [0.4, 0.5) is 0 Å². The minimum absolute atomic E-state index is 0.0274. The summed E-state index contributed by atoms with van der Waals surface area (Å²) >= 11 is 0. The molecule has 0 aromatic carbocycles. The minimum Gasteiger partial charge on any atom is -0.394 e. The molecule has 0 aliphatic rings. The number of ether oxygens (including phenoxy) is 4. The SMILES string of the molecule is COCCC(C)(O)COCCOCCOCCO. The monoisotopic (exact) mass is 266 g/mol. The lowest BCUT2D eigenvalue weighted by Crippen LogP contribution is -2.32. The van der Waals surface area contributed by atoms with Crippen molar-refractivity contribution in [3.05, 3.63) is 0 Å². The summed E-state index contributed by atoms with van der Waals surface area (Å²) in [5, 5.41) is 18.3. The Morgan fingerprint density at radius 2 is 1.44 bits per heavy atom. The highest BCUT2D eigenvalue weighted by Gasteiger charge is 2.19. The lowest BCUT2D eigenvalue weighted by molar-refractivity contribution is -0.0634. The van der Waals surface area contributed by atoms with E-state index in [-0.39, 0.29) is 13.2 Å². The Morgan fingerprint density at radius 1 is 0.889 bits per heavy atom. The molecule has 1 unspecified atom stereocenters. The van der Waals surface area contributed by atoms with Gasteiger partial charge in [-0.05, 0) is 6.92 Å². The van der Waals surface area contributed by atoms with Gasteiger partial charge in [-0.3, -0.25) is 0 Å². The van der Waals surface area contributed by atoms with Crippen LogP contribution in [0.1, 0.15) is 13.3 Å². The van der Waals surface area contributed by atoms with E-state index in [4.69, 9.17) is 24.1 Å². The molecule has 0 saturated heterocycles. The first-order chi connectivity index (χ1) is 8.62. The van der Waals surface area contributed by atoms with Crippen molar-refractivity contribution in [2.75, 3.05) is 60.0 Å². The number of hydrogen-bond acceptors (Lipinski definition) is 6. The van der Waals surface area contributed by atoms with E-state index in [0.29, 0.717) is 46.1 Å². The second-order valence-corrected chi connectivity index (χ2v) is 4.24. The van der Waals surface area contributed by atoms with Gasteiger partial charge in [-0.1, -0.05) is 0 Å². The van der Waals surface area contributed by atoms with Crippen LogP contribution in [0.15, 0.2) is 0 Å². The fourth-order valence-corrected chi connectivity index (χ4v) is 1.19. The summed E-state index contributed by atoms with van der Waals surface area (Å²) < 4.78 is 20.5. The Bertz CT molecular complexity index is 174. The van der Waals surface area contributed by atoms with Gasteiger partial charge >= 0.3 is 0 Å². The third-order valence-electron chi connectivity index (χ3n) is 2.24. The molecule has 0 heterocycles. The molecule has 0 saturated carbocycles. The van der Waals surface area contributed by atoms with Crippen molar-refractivity contribution in [3.63, 3.8) is 0 Å². The van der Waals surface area contributed by atoms with Gasteiger partial charge in [0.2, 0.25) is 0 Å². The van der Waals surface area contributed by atoms with Crippen molar-refractivity contribution in [1.29, 1.82) is 0 Å². The van der Waals surface area contributed by atoms with Gasteiger partial charge in [-0.25, -0.2) is 0 Å². The van der Waals surface area contributed by atoms with Crippen LogP contribution in [0.5, 0.6) is 0 Å². The zero-order valence-electron chi connectivity index (χ0n) is 11.4. The zero-order chi connectivity index (χ0) is 13.7. The smallest absolute Gasteiger partial charge is 0.0874 e. The van der Waals surface area contributed by atoms with E-state index in [9.17, 15) is 5.11 Å². The lowest BCUT2D eigenvalue weighted by Gasteiger charge is -2.22. The Kier molecular flexibility index (Phi) is 11.7. The van der Waals surface area contributed by atoms with E-state index >= 15 is 0 Å². The van der Waals surface area contributed by atoms with Crippen molar-refractivity contribution in [2.24, 2.45) is 0 Å².